The number of likely N-dealkylation sites (tertiary alicyclic amines) is 2. The molecule has 3 aliphatic heterocycles. The number of alkyl halides is 1. The first-order valence-corrected chi connectivity index (χ1v) is 21.1. The van der Waals surface area contributed by atoms with Gasteiger partial charge in [-0.15, -0.1) is 0 Å². The average molecular weight is 796 g/mol. The zero-order chi connectivity index (χ0) is 39.8. The van der Waals surface area contributed by atoms with Gasteiger partial charge in [-0.25, -0.2) is 26.4 Å². The second kappa shape index (κ2) is 16.0. The molecule has 56 heavy (non-hydrogen) atoms. The molecule has 2 amide bonds. The number of piperidine rings is 1. The Balaban J connectivity index is 1.03. The minimum absolute atomic E-state index is 0.0320. The molecule has 10 nitrogen and oxygen atoms in total. The summed E-state index contributed by atoms with van der Waals surface area (Å²) in [4.78, 5) is 32.0. The number of anilines is 1. The predicted octanol–water partition coefficient (Wildman–Crippen LogP) is 5.91. The van der Waals surface area contributed by atoms with E-state index in [1.807, 2.05) is 6.07 Å². The molecule has 0 aromatic heterocycles. The summed E-state index contributed by atoms with van der Waals surface area (Å²) >= 11 is 0. The molecule has 302 valence electrons. The zero-order valence-corrected chi connectivity index (χ0v) is 33.2. The third-order valence-electron chi connectivity index (χ3n) is 12.6. The lowest BCUT2D eigenvalue weighted by molar-refractivity contribution is 0.00575. The van der Waals surface area contributed by atoms with Gasteiger partial charge in [0.05, 0.1) is 35.7 Å². The first-order chi connectivity index (χ1) is 26.7. The average Bonchev–Trinajstić information content (AvgIpc) is 3.61. The fourth-order valence-electron chi connectivity index (χ4n) is 9.75. The SMILES string of the molecule is COC(=O)N[C@H]1CCC[C@@H]1[C@](CN1CCC1)(c1cccc(F)c1)C1CCN(CC2(F)CN(c3ccc(S(=O)(=O)c4cccc(C(=O)N(C)C)c4)cc3F)C2)CC1. The van der Waals surface area contributed by atoms with E-state index in [0.29, 0.717) is 13.1 Å². The van der Waals surface area contributed by atoms with Crippen molar-refractivity contribution in [1.82, 2.24) is 20.0 Å². The topological polar surface area (TPSA) is 102 Å². The Hall–Kier alpha value is -4.14. The third kappa shape index (κ3) is 7.89. The molecule has 7 rings (SSSR count). The van der Waals surface area contributed by atoms with Crippen LogP contribution < -0.4 is 10.2 Å². The number of nitrogens with one attached hydrogen (secondary N) is 1. The molecule has 0 unspecified atom stereocenters. The van der Waals surface area contributed by atoms with Crippen LogP contribution in [0.1, 0.15) is 54.4 Å². The molecule has 1 N–H and O–H groups in total. The highest BCUT2D eigenvalue weighted by atomic mass is 32.2. The molecule has 3 aromatic carbocycles. The molecule has 4 fully saturated rings. The molecule has 1 aliphatic carbocycles. The number of halogens is 3. The monoisotopic (exact) mass is 795 g/mol. The Morgan fingerprint density at radius 1 is 0.893 bits per heavy atom. The Kier molecular flexibility index (Phi) is 11.5. The Labute approximate surface area is 327 Å². The lowest BCUT2D eigenvalue weighted by Gasteiger charge is -2.54. The van der Waals surface area contributed by atoms with E-state index < -0.39 is 32.8 Å². The van der Waals surface area contributed by atoms with Gasteiger partial charge in [-0.3, -0.25) is 9.69 Å². The van der Waals surface area contributed by atoms with Crippen LogP contribution in [0.15, 0.2) is 76.5 Å². The van der Waals surface area contributed by atoms with E-state index in [1.54, 1.807) is 31.1 Å². The number of methoxy groups -OCH3 is 1. The van der Waals surface area contributed by atoms with Crippen molar-refractivity contribution < 1.29 is 35.9 Å². The predicted molar refractivity (Wildman–Crippen MR) is 207 cm³/mol. The number of carbonyl (C=O) groups is 2. The molecule has 1 saturated carbocycles. The first-order valence-electron chi connectivity index (χ1n) is 19.6. The van der Waals surface area contributed by atoms with Crippen LogP contribution in [0.2, 0.25) is 0 Å². The van der Waals surface area contributed by atoms with Crippen LogP contribution >= 0.6 is 0 Å². The van der Waals surface area contributed by atoms with Crippen molar-refractivity contribution in [3.63, 3.8) is 0 Å². The van der Waals surface area contributed by atoms with Crippen molar-refractivity contribution in [1.29, 1.82) is 0 Å². The fourth-order valence-corrected chi connectivity index (χ4v) is 11.1. The van der Waals surface area contributed by atoms with Gasteiger partial charge in [-0.1, -0.05) is 24.6 Å². The third-order valence-corrected chi connectivity index (χ3v) is 14.4. The van der Waals surface area contributed by atoms with Crippen molar-refractivity contribution in [2.24, 2.45) is 11.8 Å². The number of ether oxygens (including phenoxy) is 1. The fraction of sp³-hybridized carbons (Fsp3) is 0.524. The van der Waals surface area contributed by atoms with Crippen LogP contribution in [0.4, 0.5) is 23.7 Å². The maximum Gasteiger partial charge on any atom is 0.407 e. The molecule has 3 aromatic rings. The normalized spacial score (nSPS) is 22.8. The molecular weight excluding hydrogens is 744 g/mol. The van der Waals surface area contributed by atoms with E-state index in [-0.39, 0.29) is 70.3 Å². The summed E-state index contributed by atoms with van der Waals surface area (Å²) in [5.74, 6) is -1.17. The Morgan fingerprint density at radius 3 is 2.25 bits per heavy atom. The number of hydrogen-bond acceptors (Lipinski definition) is 8. The molecule has 3 heterocycles. The van der Waals surface area contributed by atoms with Crippen LogP contribution in [0, 0.1) is 23.5 Å². The van der Waals surface area contributed by atoms with E-state index in [0.717, 1.165) is 69.8 Å². The molecule has 3 atom stereocenters. The summed E-state index contributed by atoms with van der Waals surface area (Å²) in [7, 11) is 0.376. The number of carbonyl (C=O) groups excluding carboxylic acids is 2. The number of amides is 2. The number of alkyl carbamates (subject to hydrolysis) is 1. The van der Waals surface area contributed by atoms with Gasteiger partial charge in [0, 0.05) is 44.2 Å². The van der Waals surface area contributed by atoms with Crippen LogP contribution in [0.3, 0.4) is 0 Å². The highest BCUT2D eigenvalue weighted by Crippen LogP contribution is 2.52. The lowest BCUT2D eigenvalue weighted by Crippen LogP contribution is -2.65. The summed E-state index contributed by atoms with van der Waals surface area (Å²) in [6, 6.07) is 16.1. The van der Waals surface area contributed by atoms with E-state index >= 15 is 13.2 Å². The molecule has 3 saturated heterocycles. The minimum atomic E-state index is -4.13. The number of benzene rings is 3. The Bertz CT molecular complexity index is 2030. The molecule has 14 heteroatoms. The first kappa shape index (κ1) is 40.1. The maximum absolute atomic E-state index is 16.3. The molecule has 0 radical (unpaired) electrons. The van der Waals surface area contributed by atoms with Crippen molar-refractivity contribution in [3.05, 3.63) is 89.5 Å². The van der Waals surface area contributed by atoms with Crippen molar-refractivity contribution in [2.75, 3.05) is 78.5 Å². The number of rotatable bonds is 12. The van der Waals surface area contributed by atoms with E-state index in [9.17, 15) is 18.0 Å². The van der Waals surface area contributed by atoms with E-state index in [2.05, 4.69) is 15.1 Å². The van der Waals surface area contributed by atoms with Gasteiger partial charge in [-0.05, 0) is 124 Å². The van der Waals surface area contributed by atoms with Gasteiger partial charge < -0.3 is 24.8 Å². The minimum Gasteiger partial charge on any atom is -0.453 e. The Morgan fingerprint density at radius 2 is 1.61 bits per heavy atom. The lowest BCUT2D eigenvalue weighted by atomic mass is 9.57. The zero-order valence-electron chi connectivity index (χ0n) is 32.4. The van der Waals surface area contributed by atoms with Crippen LogP contribution in [-0.2, 0) is 20.0 Å². The molecule has 0 bridgehead atoms. The summed E-state index contributed by atoms with van der Waals surface area (Å²) in [5, 5.41) is 3.11. The summed E-state index contributed by atoms with van der Waals surface area (Å²) < 4.78 is 78.6. The summed E-state index contributed by atoms with van der Waals surface area (Å²) in [6.45, 7) is 4.14. The van der Waals surface area contributed by atoms with Crippen LogP contribution in [0.25, 0.3) is 0 Å². The van der Waals surface area contributed by atoms with Crippen LogP contribution in [0.5, 0.6) is 0 Å². The van der Waals surface area contributed by atoms with Gasteiger partial charge in [0.25, 0.3) is 5.91 Å². The highest BCUT2D eigenvalue weighted by molar-refractivity contribution is 7.91. The van der Waals surface area contributed by atoms with Crippen molar-refractivity contribution >= 4 is 27.5 Å². The van der Waals surface area contributed by atoms with E-state index in [4.69, 9.17) is 4.74 Å². The largest absolute Gasteiger partial charge is 0.453 e. The maximum atomic E-state index is 16.3. The number of hydrogen-bond donors (Lipinski definition) is 1. The quantitative estimate of drug-likeness (QED) is 0.242. The molecular formula is C42H52F3N5O5S. The number of sulfone groups is 1. The van der Waals surface area contributed by atoms with Crippen molar-refractivity contribution in [2.45, 2.75) is 65.4 Å². The second-order valence-electron chi connectivity index (χ2n) is 16.4. The summed E-state index contributed by atoms with van der Waals surface area (Å²) in [6.07, 6.45) is 4.88. The smallest absolute Gasteiger partial charge is 0.407 e. The van der Waals surface area contributed by atoms with E-state index in [1.165, 1.54) is 54.5 Å². The van der Waals surface area contributed by atoms with Crippen molar-refractivity contribution in [3.8, 4) is 0 Å². The van der Waals surface area contributed by atoms with Gasteiger partial charge in [-0.2, -0.15) is 0 Å². The molecule has 0 spiro atoms. The highest BCUT2D eigenvalue weighted by Gasteiger charge is 2.54. The van der Waals surface area contributed by atoms with Gasteiger partial charge in [0.15, 0.2) is 5.67 Å². The van der Waals surface area contributed by atoms with Gasteiger partial charge in [0.1, 0.15) is 11.6 Å². The summed E-state index contributed by atoms with van der Waals surface area (Å²) in [5.41, 5.74) is -0.727. The number of nitrogens with zero attached hydrogens (tertiary/aromatic N) is 4. The van der Waals surface area contributed by atoms with Gasteiger partial charge >= 0.3 is 6.09 Å². The van der Waals surface area contributed by atoms with Gasteiger partial charge in [0.2, 0.25) is 9.84 Å². The second-order valence-corrected chi connectivity index (χ2v) is 18.3. The standard InChI is InChI=1S/C42H52F3N5O5S/c1-47(2)39(51)29-8-4-11-33(22-29)56(53,54)34-14-15-38(36(44)24-34)50-26-41(45,27-50)25-49-20-16-30(17-21-49)42(28-48-18-7-19-48,31-9-5-10-32(43)23-31)35-12-6-13-37(35)46-40(52)55-3/h4-5,8-11,14-15,22-24,30,35,37H,6-7,12-13,16-21,25-28H2,1-3H3,(H,46,52)/t35-,37-,42-/m0/s1. The molecule has 4 aliphatic rings. The van der Waals surface area contributed by atoms with Crippen LogP contribution in [-0.4, -0.2) is 120 Å².